The van der Waals surface area contributed by atoms with E-state index in [-0.39, 0.29) is 5.91 Å². The highest BCUT2D eigenvalue weighted by Crippen LogP contribution is 2.37. The maximum atomic E-state index is 12.7. The normalized spacial score (nSPS) is 17.2. The molecule has 1 amide bonds. The van der Waals surface area contributed by atoms with Gasteiger partial charge in [0.2, 0.25) is 5.91 Å². The third kappa shape index (κ3) is 5.93. The van der Waals surface area contributed by atoms with E-state index < -0.39 is 0 Å². The predicted molar refractivity (Wildman–Crippen MR) is 133 cm³/mol. The Kier molecular flexibility index (Phi) is 7.90. The molecular weight excluding hydrogens is 436 g/mol. The summed E-state index contributed by atoms with van der Waals surface area (Å²) in [5.41, 5.74) is 2.79. The predicted octanol–water partition coefficient (Wildman–Crippen LogP) is 5.31. The molecule has 1 aliphatic heterocycles. The Bertz CT molecular complexity index is 971. The van der Waals surface area contributed by atoms with Crippen LogP contribution >= 0.6 is 23.3 Å². The second-order valence-corrected chi connectivity index (χ2v) is 11.6. The van der Waals surface area contributed by atoms with E-state index in [0.29, 0.717) is 12.0 Å². The molecule has 1 N–H and O–H groups in total. The van der Waals surface area contributed by atoms with Crippen LogP contribution in [0.15, 0.2) is 29.2 Å². The van der Waals surface area contributed by atoms with Crippen molar-refractivity contribution in [3.8, 4) is 6.07 Å². The number of nitrogens with one attached hydrogen (secondary N) is 1. The van der Waals surface area contributed by atoms with Crippen LogP contribution in [0.5, 0.6) is 0 Å². The smallest absolute Gasteiger partial charge is 0.229 e. The summed E-state index contributed by atoms with van der Waals surface area (Å²) in [5, 5.41) is 13.6. The number of rotatable bonds is 7. The van der Waals surface area contributed by atoms with E-state index >= 15 is 0 Å². The summed E-state index contributed by atoms with van der Waals surface area (Å²) in [4.78, 5) is 17.6. The monoisotopic (exact) mass is 468 g/mol. The summed E-state index contributed by atoms with van der Waals surface area (Å²) in [7, 11) is 4.02. The Morgan fingerprint density at radius 3 is 2.69 bits per heavy atom. The Hall–Kier alpha value is -1.85. The van der Waals surface area contributed by atoms with Crippen molar-refractivity contribution in [2.24, 2.45) is 5.92 Å². The first-order chi connectivity index (χ1) is 15.5. The number of nitriles is 1. The van der Waals surface area contributed by atoms with Crippen LogP contribution in [0.3, 0.4) is 0 Å². The van der Waals surface area contributed by atoms with Crippen LogP contribution in [-0.2, 0) is 24.2 Å². The molecule has 0 saturated heterocycles. The van der Waals surface area contributed by atoms with E-state index in [1.54, 1.807) is 23.3 Å². The summed E-state index contributed by atoms with van der Waals surface area (Å²) in [6.07, 6.45) is 8.07. The molecule has 0 atom stereocenters. The quantitative estimate of drug-likeness (QED) is 0.558. The van der Waals surface area contributed by atoms with Gasteiger partial charge >= 0.3 is 0 Å². The van der Waals surface area contributed by atoms with E-state index in [2.05, 4.69) is 16.3 Å². The number of nitrogens with zero attached hydrogens (tertiary/aromatic N) is 3. The first kappa shape index (κ1) is 23.3. The van der Waals surface area contributed by atoms with Gasteiger partial charge in [0.15, 0.2) is 0 Å². The fourth-order valence-corrected chi connectivity index (χ4v) is 6.62. The van der Waals surface area contributed by atoms with Gasteiger partial charge in [0.1, 0.15) is 11.1 Å². The first-order valence-corrected chi connectivity index (χ1v) is 13.1. The van der Waals surface area contributed by atoms with Crippen LogP contribution in [0.25, 0.3) is 0 Å². The minimum atomic E-state index is -0.0628. The molecule has 1 aromatic heterocycles. The lowest BCUT2D eigenvalue weighted by molar-refractivity contribution is -0.115. The van der Waals surface area contributed by atoms with Gasteiger partial charge in [-0.05, 0) is 68.9 Å². The van der Waals surface area contributed by atoms with E-state index in [0.717, 1.165) is 53.0 Å². The van der Waals surface area contributed by atoms with Gasteiger partial charge in [-0.25, -0.2) is 0 Å². The van der Waals surface area contributed by atoms with Crippen molar-refractivity contribution >= 4 is 34.2 Å². The number of anilines is 1. The molecule has 2 heterocycles. The molecule has 7 heteroatoms. The molecule has 0 bridgehead atoms. The number of amides is 1. The second kappa shape index (κ2) is 10.8. The van der Waals surface area contributed by atoms with Gasteiger partial charge in [-0.2, -0.15) is 5.26 Å². The third-order valence-electron chi connectivity index (χ3n) is 6.31. The molecule has 1 saturated carbocycles. The lowest BCUT2D eigenvalue weighted by Gasteiger charge is -2.32. The molecular formula is C25H32N4OS2. The SMILES string of the molecule is CN(C)Sc1ccc(CC(=O)Nc2sc3c(c2C#N)CN(CC2CCCCC2)CC3)cc1. The van der Waals surface area contributed by atoms with Gasteiger partial charge in [-0.15, -0.1) is 11.3 Å². The topological polar surface area (TPSA) is 59.4 Å². The first-order valence-electron chi connectivity index (χ1n) is 11.5. The fourth-order valence-electron chi connectivity index (χ4n) is 4.78. The zero-order valence-corrected chi connectivity index (χ0v) is 20.7. The molecule has 0 unspecified atom stereocenters. The molecule has 2 aromatic rings. The molecule has 2 aliphatic rings. The minimum absolute atomic E-state index is 0.0628. The van der Waals surface area contributed by atoms with Crippen LogP contribution in [0.2, 0.25) is 0 Å². The van der Waals surface area contributed by atoms with Crippen molar-refractivity contribution in [2.45, 2.75) is 56.4 Å². The number of benzene rings is 1. The van der Waals surface area contributed by atoms with Crippen LogP contribution in [0.1, 0.15) is 53.7 Å². The van der Waals surface area contributed by atoms with E-state index in [4.69, 9.17) is 0 Å². The van der Waals surface area contributed by atoms with Gasteiger partial charge in [0.05, 0.1) is 12.0 Å². The van der Waals surface area contributed by atoms with Gasteiger partial charge in [0.25, 0.3) is 0 Å². The van der Waals surface area contributed by atoms with Crippen LogP contribution in [0, 0.1) is 17.2 Å². The summed E-state index contributed by atoms with van der Waals surface area (Å²) in [6, 6.07) is 10.5. The lowest BCUT2D eigenvalue weighted by atomic mass is 9.88. The second-order valence-electron chi connectivity index (χ2n) is 9.08. The van der Waals surface area contributed by atoms with Crippen molar-refractivity contribution in [2.75, 3.05) is 32.5 Å². The highest BCUT2D eigenvalue weighted by Gasteiger charge is 2.27. The number of hydrogen-bond acceptors (Lipinski definition) is 6. The highest BCUT2D eigenvalue weighted by atomic mass is 32.2. The number of carbonyl (C=O) groups excluding carboxylic acids is 1. The molecule has 4 rings (SSSR count). The fraction of sp³-hybridized carbons (Fsp3) is 0.520. The molecule has 1 aliphatic carbocycles. The van der Waals surface area contributed by atoms with Crippen LogP contribution < -0.4 is 5.32 Å². The lowest BCUT2D eigenvalue weighted by Crippen LogP contribution is -2.34. The van der Waals surface area contributed by atoms with Crippen molar-refractivity contribution in [3.05, 3.63) is 45.8 Å². The van der Waals surface area contributed by atoms with Crippen LogP contribution in [0.4, 0.5) is 5.00 Å². The summed E-state index contributed by atoms with van der Waals surface area (Å²) < 4.78 is 2.04. The minimum Gasteiger partial charge on any atom is -0.316 e. The average Bonchev–Trinajstić information content (AvgIpc) is 3.11. The highest BCUT2D eigenvalue weighted by molar-refractivity contribution is 7.97. The van der Waals surface area contributed by atoms with Crippen molar-refractivity contribution < 1.29 is 4.79 Å². The largest absolute Gasteiger partial charge is 0.316 e. The van der Waals surface area contributed by atoms with Crippen LogP contribution in [-0.4, -0.2) is 42.3 Å². The van der Waals surface area contributed by atoms with Crippen molar-refractivity contribution in [1.82, 2.24) is 9.21 Å². The molecule has 32 heavy (non-hydrogen) atoms. The number of carbonyl (C=O) groups is 1. The number of thiophene rings is 1. The van der Waals surface area contributed by atoms with E-state index in [1.807, 2.05) is 42.7 Å². The van der Waals surface area contributed by atoms with Gasteiger partial charge < -0.3 is 5.32 Å². The molecule has 1 aromatic carbocycles. The third-order valence-corrected chi connectivity index (χ3v) is 8.36. The molecule has 0 spiro atoms. The van der Waals surface area contributed by atoms with Crippen molar-refractivity contribution in [1.29, 1.82) is 5.26 Å². The maximum Gasteiger partial charge on any atom is 0.229 e. The number of hydrogen-bond donors (Lipinski definition) is 1. The maximum absolute atomic E-state index is 12.7. The Labute approximate surface area is 199 Å². The summed E-state index contributed by atoms with van der Waals surface area (Å²) in [5.74, 6) is 0.739. The molecule has 170 valence electrons. The van der Waals surface area contributed by atoms with Crippen molar-refractivity contribution in [3.63, 3.8) is 0 Å². The summed E-state index contributed by atoms with van der Waals surface area (Å²) >= 11 is 3.25. The zero-order valence-electron chi connectivity index (χ0n) is 19.0. The Morgan fingerprint density at radius 1 is 1.25 bits per heavy atom. The zero-order chi connectivity index (χ0) is 22.5. The van der Waals surface area contributed by atoms with Gasteiger partial charge in [-0.1, -0.05) is 31.4 Å². The standard InChI is InChI=1S/C25H32N4OS2/c1-28(2)32-20-10-8-18(9-11-20)14-24(30)27-25-21(15-26)22-17-29(13-12-23(22)31-25)16-19-6-4-3-5-7-19/h8-11,19H,3-7,12-14,16-17H2,1-2H3,(H,27,30). The molecule has 0 radical (unpaired) electrons. The van der Waals surface area contributed by atoms with E-state index in [1.165, 1.54) is 37.0 Å². The Balaban J connectivity index is 1.38. The number of fused-ring (bicyclic) bond motifs is 1. The molecule has 5 nitrogen and oxygen atoms in total. The van der Waals surface area contributed by atoms with Gasteiger partial charge in [0, 0.05) is 35.0 Å². The van der Waals surface area contributed by atoms with E-state index in [9.17, 15) is 10.1 Å². The summed E-state index contributed by atoms with van der Waals surface area (Å²) in [6.45, 7) is 3.04. The van der Waals surface area contributed by atoms with Gasteiger partial charge in [-0.3, -0.25) is 14.0 Å². The Morgan fingerprint density at radius 2 is 2.00 bits per heavy atom. The molecule has 1 fully saturated rings. The average molecular weight is 469 g/mol.